The van der Waals surface area contributed by atoms with Gasteiger partial charge >= 0.3 is 11.9 Å². The molecule has 0 aromatic heterocycles. The summed E-state index contributed by atoms with van der Waals surface area (Å²) >= 11 is 0. The van der Waals surface area contributed by atoms with Crippen LogP contribution in [-0.2, 0) is 9.59 Å². The van der Waals surface area contributed by atoms with Crippen LogP contribution >= 0.6 is 0 Å². The molecule has 0 fully saturated rings. The van der Waals surface area contributed by atoms with Crippen molar-refractivity contribution in [3.63, 3.8) is 0 Å². The van der Waals surface area contributed by atoms with Gasteiger partial charge in [-0.1, -0.05) is 12.8 Å². The van der Waals surface area contributed by atoms with E-state index in [9.17, 15) is 9.59 Å². The lowest BCUT2D eigenvalue weighted by Gasteiger charge is -2.21. The highest BCUT2D eigenvalue weighted by molar-refractivity contribution is 5.75. The summed E-state index contributed by atoms with van der Waals surface area (Å²) in [5.74, 6) is -3.68. The molecule has 0 spiro atoms. The molecule has 0 aliphatic heterocycles. The van der Waals surface area contributed by atoms with E-state index in [1.165, 1.54) is 12.8 Å². The number of carboxylic acid groups (broad SMARTS) is 2. The molecule has 0 bridgehead atoms. The first-order valence-corrected chi connectivity index (χ1v) is 6.78. The van der Waals surface area contributed by atoms with E-state index >= 15 is 0 Å². The predicted octanol–water partition coefficient (Wildman–Crippen LogP) is -2.94. The van der Waals surface area contributed by atoms with Crippen molar-refractivity contribution < 1.29 is 40.2 Å². The monoisotopic (exact) mass is 326 g/mol. The number of aliphatic hydroxyl groups excluding tert-OH is 4. The van der Waals surface area contributed by atoms with Crippen LogP contribution in [0.2, 0.25) is 0 Å². The second kappa shape index (κ2) is 13.4. The molecular weight excluding hydrogens is 300 g/mol. The number of rotatable bonds is 10. The highest BCUT2D eigenvalue weighted by Crippen LogP contribution is 2.05. The molecule has 0 heterocycles. The van der Waals surface area contributed by atoms with Crippen molar-refractivity contribution in [2.75, 3.05) is 13.1 Å². The molecule has 0 aromatic carbocycles. The Kier molecular flexibility index (Phi) is 14.0. The fraction of sp³-hybridized carbons (Fsp3) is 0.833. The molecular formula is C12H26N2O8. The molecule has 0 amide bonds. The Labute approximate surface area is 128 Å². The van der Waals surface area contributed by atoms with Crippen LogP contribution in [0.4, 0.5) is 0 Å². The largest absolute Gasteiger partial charge is 0.479 e. The molecule has 10 nitrogen and oxygen atoms in total. The SMILES string of the molecule is NCCCCCCN.O=C(O)C(O)C(O)C(O)C(O)C(=O)O. The van der Waals surface area contributed by atoms with Gasteiger partial charge in [-0.25, -0.2) is 9.59 Å². The standard InChI is InChI=1S/C6H16N2.C6H10O8/c7-5-3-1-2-4-6-8;7-1(3(9)5(11)12)2(8)4(10)6(13)14/h1-8H2;1-4,7-10H,(H,11,12)(H,13,14). The van der Waals surface area contributed by atoms with Crippen LogP contribution in [0.25, 0.3) is 0 Å². The van der Waals surface area contributed by atoms with E-state index in [1.54, 1.807) is 0 Å². The van der Waals surface area contributed by atoms with Crippen molar-refractivity contribution in [3.05, 3.63) is 0 Å². The van der Waals surface area contributed by atoms with Gasteiger partial charge in [0.15, 0.2) is 12.2 Å². The Hall–Kier alpha value is -1.30. The van der Waals surface area contributed by atoms with Gasteiger partial charge < -0.3 is 42.1 Å². The predicted molar refractivity (Wildman–Crippen MR) is 75.9 cm³/mol. The highest BCUT2D eigenvalue weighted by Gasteiger charge is 2.37. The first kappa shape index (κ1) is 23.0. The van der Waals surface area contributed by atoms with Gasteiger partial charge in [0.05, 0.1) is 0 Å². The van der Waals surface area contributed by atoms with Crippen molar-refractivity contribution in [3.8, 4) is 0 Å². The van der Waals surface area contributed by atoms with E-state index in [0.717, 1.165) is 25.9 Å². The Morgan fingerprint density at radius 2 is 0.955 bits per heavy atom. The zero-order valence-electron chi connectivity index (χ0n) is 12.2. The van der Waals surface area contributed by atoms with Gasteiger partial charge in [0, 0.05) is 0 Å². The maximum absolute atomic E-state index is 10.1. The van der Waals surface area contributed by atoms with Crippen LogP contribution in [0.5, 0.6) is 0 Å². The average molecular weight is 326 g/mol. The summed E-state index contributed by atoms with van der Waals surface area (Å²) in [4.78, 5) is 20.2. The molecule has 0 aliphatic rings. The van der Waals surface area contributed by atoms with Gasteiger partial charge in [0.25, 0.3) is 0 Å². The molecule has 0 saturated carbocycles. The first-order valence-electron chi connectivity index (χ1n) is 6.78. The minimum atomic E-state index is -2.36. The number of nitrogens with two attached hydrogens (primary N) is 2. The van der Waals surface area contributed by atoms with Gasteiger partial charge in [-0.3, -0.25) is 0 Å². The average Bonchev–Trinajstić information content (AvgIpc) is 2.49. The maximum atomic E-state index is 10.1. The summed E-state index contributed by atoms with van der Waals surface area (Å²) in [5.41, 5.74) is 10.6. The lowest BCUT2D eigenvalue weighted by molar-refractivity contribution is -0.172. The molecule has 0 radical (unpaired) electrons. The van der Waals surface area contributed by atoms with Crippen molar-refractivity contribution in [2.45, 2.75) is 50.1 Å². The molecule has 0 rings (SSSR count). The van der Waals surface area contributed by atoms with Crippen LogP contribution in [0.3, 0.4) is 0 Å². The Morgan fingerprint density at radius 3 is 1.14 bits per heavy atom. The summed E-state index contributed by atoms with van der Waals surface area (Å²) in [6.07, 6.45) is -4.49. The van der Waals surface area contributed by atoms with Crippen molar-refractivity contribution in [2.24, 2.45) is 11.5 Å². The van der Waals surface area contributed by atoms with Gasteiger partial charge in [0.1, 0.15) is 12.2 Å². The third-order valence-electron chi connectivity index (χ3n) is 2.66. The summed E-state index contributed by atoms with van der Waals surface area (Å²) in [6, 6.07) is 0. The fourth-order valence-electron chi connectivity index (χ4n) is 1.31. The zero-order chi connectivity index (χ0) is 17.7. The number of unbranched alkanes of at least 4 members (excludes halogenated alkanes) is 3. The minimum Gasteiger partial charge on any atom is -0.479 e. The molecule has 22 heavy (non-hydrogen) atoms. The number of aliphatic carboxylic acids is 2. The normalized spacial score (nSPS) is 15.9. The number of carboxylic acids is 2. The molecule has 0 aliphatic carbocycles. The lowest BCUT2D eigenvalue weighted by Crippen LogP contribution is -2.49. The molecule has 0 saturated heterocycles. The van der Waals surface area contributed by atoms with E-state index in [2.05, 4.69) is 0 Å². The lowest BCUT2D eigenvalue weighted by atomic mass is 10.0. The summed E-state index contributed by atoms with van der Waals surface area (Å²) in [5, 5.41) is 51.5. The van der Waals surface area contributed by atoms with Crippen LogP contribution in [-0.4, -0.2) is 80.1 Å². The fourth-order valence-corrected chi connectivity index (χ4v) is 1.31. The second-order valence-electron chi connectivity index (χ2n) is 4.54. The third-order valence-corrected chi connectivity index (χ3v) is 2.66. The Balaban J connectivity index is 0. The molecule has 10 N–H and O–H groups in total. The van der Waals surface area contributed by atoms with Crippen LogP contribution < -0.4 is 11.5 Å². The van der Waals surface area contributed by atoms with E-state index in [-0.39, 0.29) is 0 Å². The van der Waals surface area contributed by atoms with Crippen LogP contribution in [0.15, 0.2) is 0 Å². The van der Waals surface area contributed by atoms with E-state index in [4.69, 9.17) is 42.1 Å². The number of carbonyl (C=O) groups is 2. The van der Waals surface area contributed by atoms with Gasteiger partial charge in [0.2, 0.25) is 0 Å². The molecule has 4 atom stereocenters. The van der Waals surface area contributed by atoms with E-state index < -0.39 is 36.4 Å². The summed E-state index contributed by atoms with van der Waals surface area (Å²) in [6.45, 7) is 1.65. The van der Waals surface area contributed by atoms with E-state index in [0.29, 0.717) is 0 Å². The van der Waals surface area contributed by atoms with Crippen molar-refractivity contribution in [1.82, 2.24) is 0 Å². The third kappa shape index (κ3) is 10.4. The molecule has 132 valence electrons. The molecule has 4 unspecified atom stereocenters. The van der Waals surface area contributed by atoms with Crippen molar-refractivity contribution in [1.29, 1.82) is 0 Å². The topological polar surface area (TPSA) is 208 Å². The molecule has 10 heteroatoms. The smallest absolute Gasteiger partial charge is 0.335 e. The summed E-state index contributed by atoms with van der Waals surface area (Å²) in [7, 11) is 0. The summed E-state index contributed by atoms with van der Waals surface area (Å²) < 4.78 is 0. The number of aliphatic hydroxyl groups is 4. The maximum Gasteiger partial charge on any atom is 0.335 e. The quantitative estimate of drug-likeness (QED) is 0.191. The first-order chi connectivity index (χ1) is 10.2. The highest BCUT2D eigenvalue weighted by atomic mass is 16.4. The van der Waals surface area contributed by atoms with Gasteiger partial charge in [-0.2, -0.15) is 0 Å². The van der Waals surface area contributed by atoms with E-state index in [1.807, 2.05) is 0 Å². The van der Waals surface area contributed by atoms with Crippen molar-refractivity contribution >= 4 is 11.9 Å². The Bertz CT molecular complexity index is 286. The Morgan fingerprint density at radius 1 is 0.682 bits per heavy atom. The van der Waals surface area contributed by atoms with Crippen LogP contribution in [0, 0.1) is 0 Å². The minimum absolute atomic E-state index is 0.824. The molecule has 0 aromatic rings. The van der Waals surface area contributed by atoms with Gasteiger partial charge in [-0.15, -0.1) is 0 Å². The number of hydrogen-bond acceptors (Lipinski definition) is 8. The van der Waals surface area contributed by atoms with Gasteiger partial charge in [-0.05, 0) is 25.9 Å². The second-order valence-corrected chi connectivity index (χ2v) is 4.54. The number of hydrogen-bond donors (Lipinski definition) is 8. The van der Waals surface area contributed by atoms with Crippen LogP contribution in [0.1, 0.15) is 25.7 Å². The zero-order valence-corrected chi connectivity index (χ0v) is 12.2.